The molecule has 0 radical (unpaired) electrons. The molecular formula is C19H16ClF3N2O3. The third-order valence-electron chi connectivity index (χ3n) is 3.98. The monoisotopic (exact) mass is 412 g/mol. The van der Waals surface area contributed by atoms with Crippen molar-refractivity contribution in [3.05, 3.63) is 59.1 Å². The molecule has 1 atom stereocenters. The van der Waals surface area contributed by atoms with E-state index in [2.05, 4.69) is 9.84 Å². The first kappa shape index (κ1) is 20.0. The molecular weight excluding hydrogens is 397 g/mol. The zero-order valence-electron chi connectivity index (χ0n) is 14.7. The van der Waals surface area contributed by atoms with Crippen molar-refractivity contribution in [2.75, 3.05) is 11.6 Å². The van der Waals surface area contributed by atoms with Gasteiger partial charge in [-0.2, -0.15) is 5.10 Å². The summed E-state index contributed by atoms with van der Waals surface area (Å²) in [4.78, 5) is 12.4. The molecule has 148 valence electrons. The van der Waals surface area contributed by atoms with Crippen molar-refractivity contribution < 1.29 is 27.4 Å². The van der Waals surface area contributed by atoms with E-state index in [0.29, 0.717) is 22.8 Å². The van der Waals surface area contributed by atoms with Crippen LogP contribution in [-0.4, -0.2) is 30.7 Å². The minimum atomic E-state index is -4.78. The van der Waals surface area contributed by atoms with Gasteiger partial charge in [-0.05, 0) is 48.9 Å². The number of ether oxygens (including phenoxy) is 2. The summed E-state index contributed by atoms with van der Waals surface area (Å²) in [6.07, 6.45) is -4.48. The standard InChI is InChI=1S/C19H16ClF3N2O3/c1-2-27-18(26)17-11-16(12-3-5-13(20)6-4-12)24-25(17)14-7-9-15(10-8-14)28-19(21,22)23/h3-10,17H,2,11H2,1H3. The number of esters is 1. The number of alkyl halides is 3. The van der Waals surface area contributed by atoms with Crippen molar-refractivity contribution in [1.82, 2.24) is 0 Å². The fourth-order valence-corrected chi connectivity index (χ4v) is 2.91. The Morgan fingerprint density at radius 2 is 1.82 bits per heavy atom. The number of hydrogen-bond acceptors (Lipinski definition) is 5. The Hall–Kier alpha value is -2.74. The van der Waals surface area contributed by atoms with E-state index in [1.165, 1.54) is 29.3 Å². The summed E-state index contributed by atoms with van der Waals surface area (Å²) in [6.45, 7) is 1.90. The number of hydrogen-bond donors (Lipinski definition) is 0. The minimum Gasteiger partial charge on any atom is -0.464 e. The van der Waals surface area contributed by atoms with Crippen LogP contribution in [0.1, 0.15) is 18.9 Å². The van der Waals surface area contributed by atoms with Crippen molar-refractivity contribution in [3.63, 3.8) is 0 Å². The van der Waals surface area contributed by atoms with Crippen LogP contribution < -0.4 is 9.75 Å². The van der Waals surface area contributed by atoms with E-state index in [0.717, 1.165) is 5.56 Å². The first-order valence-corrected chi connectivity index (χ1v) is 8.79. The molecule has 3 rings (SSSR count). The summed E-state index contributed by atoms with van der Waals surface area (Å²) in [6, 6.07) is 11.4. The van der Waals surface area contributed by atoms with Gasteiger partial charge in [-0.1, -0.05) is 23.7 Å². The lowest BCUT2D eigenvalue weighted by Gasteiger charge is -2.22. The average molecular weight is 413 g/mol. The lowest BCUT2D eigenvalue weighted by Crippen LogP contribution is -2.36. The molecule has 0 N–H and O–H groups in total. The normalized spacial score (nSPS) is 16.7. The van der Waals surface area contributed by atoms with Gasteiger partial charge in [0.2, 0.25) is 0 Å². The van der Waals surface area contributed by atoms with Crippen molar-refractivity contribution in [2.24, 2.45) is 5.10 Å². The molecule has 28 heavy (non-hydrogen) atoms. The fourth-order valence-electron chi connectivity index (χ4n) is 2.79. The number of carbonyl (C=O) groups excluding carboxylic acids is 1. The lowest BCUT2D eigenvalue weighted by molar-refractivity contribution is -0.274. The van der Waals surface area contributed by atoms with Gasteiger partial charge in [-0.15, -0.1) is 13.2 Å². The lowest BCUT2D eigenvalue weighted by atomic mass is 10.0. The highest BCUT2D eigenvalue weighted by molar-refractivity contribution is 6.30. The second-order valence-corrected chi connectivity index (χ2v) is 6.35. The Balaban J connectivity index is 1.89. The Morgan fingerprint density at radius 3 is 2.39 bits per heavy atom. The predicted molar refractivity (Wildman–Crippen MR) is 98.6 cm³/mol. The number of nitrogens with zero attached hydrogens (tertiary/aromatic N) is 2. The molecule has 0 aliphatic carbocycles. The maximum atomic E-state index is 12.4. The van der Waals surface area contributed by atoms with E-state index in [-0.39, 0.29) is 12.4 Å². The molecule has 5 nitrogen and oxygen atoms in total. The smallest absolute Gasteiger partial charge is 0.464 e. The highest BCUT2D eigenvalue weighted by Crippen LogP contribution is 2.31. The summed E-state index contributed by atoms with van der Waals surface area (Å²) in [5.74, 6) is -0.823. The van der Waals surface area contributed by atoms with Gasteiger partial charge in [-0.3, -0.25) is 5.01 Å². The molecule has 1 aliphatic heterocycles. The molecule has 2 aromatic carbocycles. The number of anilines is 1. The SMILES string of the molecule is CCOC(=O)C1CC(c2ccc(Cl)cc2)=NN1c1ccc(OC(F)(F)F)cc1. The van der Waals surface area contributed by atoms with Gasteiger partial charge in [0.15, 0.2) is 6.04 Å². The van der Waals surface area contributed by atoms with Crippen LogP contribution in [-0.2, 0) is 9.53 Å². The molecule has 0 saturated carbocycles. The van der Waals surface area contributed by atoms with E-state index in [1.807, 2.05) is 0 Å². The summed E-state index contributed by atoms with van der Waals surface area (Å²) < 4.78 is 46.0. The molecule has 0 saturated heterocycles. The maximum Gasteiger partial charge on any atom is 0.573 e. The highest BCUT2D eigenvalue weighted by Gasteiger charge is 2.35. The predicted octanol–water partition coefficient (Wildman–Crippen LogP) is 4.78. The Bertz CT molecular complexity index is 867. The number of carbonyl (C=O) groups is 1. The zero-order chi connectivity index (χ0) is 20.3. The van der Waals surface area contributed by atoms with Gasteiger partial charge in [0.05, 0.1) is 18.0 Å². The molecule has 0 spiro atoms. The number of benzene rings is 2. The molecule has 9 heteroatoms. The van der Waals surface area contributed by atoms with Gasteiger partial charge in [0.25, 0.3) is 0 Å². The summed E-state index contributed by atoms with van der Waals surface area (Å²) in [7, 11) is 0. The van der Waals surface area contributed by atoms with Gasteiger partial charge < -0.3 is 9.47 Å². The van der Waals surface area contributed by atoms with E-state index in [4.69, 9.17) is 16.3 Å². The second-order valence-electron chi connectivity index (χ2n) is 5.91. The van der Waals surface area contributed by atoms with Crippen molar-refractivity contribution >= 4 is 29.0 Å². The highest BCUT2D eigenvalue weighted by atomic mass is 35.5. The molecule has 0 amide bonds. The first-order chi connectivity index (χ1) is 13.3. The van der Waals surface area contributed by atoms with Crippen LogP contribution in [0.25, 0.3) is 0 Å². The number of rotatable bonds is 5. The van der Waals surface area contributed by atoms with E-state index < -0.39 is 18.4 Å². The van der Waals surface area contributed by atoms with Crippen LogP contribution in [0, 0.1) is 0 Å². The molecule has 0 aromatic heterocycles. The van der Waals surface area contributed by atoms with Crippen LogP contribution in [0.5, 0.6) is 5.75 Å². The quantitative estimate of drug-likeness (QED) is 0.663. The molecule has 1 unspecified atom stereocenters. The Morgan fingerprint density at radius 1 is 1.18 bits per heavy atom. The van der Waals surface area contributed by atoms with E-state index >= 15 is 0 Å². The molecule has 2 aromatic rings. The van der Waals surface area contributed by atoms with E-state index in [1.54, 1.807) is 31.2 Å². The van der Waals surface area contributed by atoms with Crippen LogP contribution in [0.3, 0.4) is 0 Å². The summed E-state index contributed by atoms with van der Waals surface area (Å²) in [5, 5.41) is 6.50. The maximum absolute atomic E-state index is 12.4. The van der Waals surface area contributed by atoms with Gasteiger partial charge in [0, 0.05) is 11.4 Å². The first-order valence-electron chi connectivity index (χ1n) is 8.42. The number of halogens is 4. The Kier molecular flexibility index (Phi) is 5.79. The molecule has 0 bridgehead atoms. The second kappa shape index (κ2) is 8.10. The third kappa shape index (κ3) is 4.75. The summed E-state index contributed by atoms with van der Waals surface area (Å²) >= 11 is 5.91. The van der Waals surface area contributed by atoms with Crippen molar-refractivity contribution in [2.45, 2.75) is 25.7 Å². The van der Waals surface area contributed by atoms with Crippen molar-refractivity contribution in [3.8, 4) is 5.75 Å². The Labute approximate surface area is 164 Å². The molecule has 1 heterocycles. The van der Waals surface area contributed by atoms with Gasteiger partial charge >= 0.3 is 12.3 Å². The van der Waals surface area contributed by atoms with Crippen LogP contribution in [0.2, 0.25) is 5.02 Å². The zero-order valence-corrected chi connectivity index (χ0v) is 15.5. The van der Waals surface area contributed by atoms with Gasteiger partial charge in [-0.25, -0.2) is 4.79 Å². The van der Waals surface area contributed by atoms with Crippen LogP contribution >= 0.6 is 11.6 Å². The van der Waals surface area contributed by atoms with Gasteiger partial charge in [0.1, 0.15) is 5.75 Å². The topological polar surface area (TPSA) is 51.1 Å². The van der Waals surface area contributed by atoms with Crippen LogP contribution in [0.15, 0.2) is 53.6 Å². The third-order valence-corrected chi connectivity index (χ3v) is 4.23. The molecule has 1 aliphatic rings. The minimum absolute atomic E-state index is 0.206. The van der Waals surface area contributed by atoms with E-state index in [9.17, 15) is 18.0 Å². The molecule has 0 fully saturated rings. The summed E-state index contributed by atoms with van der Waals surface area (Å²) in [5.41, 5.74) is 1.88. The number of hydrazone groups is 1. The van der Waals surface area contributed by atoms with Crippen molar-refractivity contribution in [1.29, 1.82) is 0 Å². The van der Waals surface area contributed by atoms with Crippen LogP contribution in [0.4, 0.5) is 18.9 Å². The fraction of sp³-hybridized carbons (Fsp3) is 0.263. The average Bonchev–Trinajstić information content (AvgIpc) is 3.07. The largest absolute Gasteiger partial charge is 0.573 e.